The molecule has 0 saturated heterocycles. The van der Waals surface area contributed by atoms with Gasteiger partial charge in [0.05, 0.1) is 0 Å². The molecule has 1 aromatic carbocycles. The summed E-state index contributed by atoms with van der Waals surface area (Å²) in [5, 5.41) is 0.822. The first-order valence-electron chi connectivity index (χ1n) is 4.31. The first-order chi connectivity index (χ1) is 5.77. The summed E-state index contributed by atoms with van der Waals surface area (Å²) in [4.78, 5) is 0. The number of nitrogens with two attached hydrogens (primary N) is 1. The summed E-state index contributed by atoms with van der Waals surface area (Å²) >= 11 is 5.88. The van der Waals surface area contributed by atoms with E-state index in [9.17, 15) is 0 Å². The molecule has 13 heavy (non-hydrogen) atoms. The molecule has 0 unspecified atom stereocenters. The Morgan fingerprint density at radius 1 is 1.38 bits per heavy atom. The van der Waals surface area contributed by atoms with Crippen molar-refractivity contribution in [3.63, 3.8) is 0 Å². The van der Waals surface area contributed by atoms with Gasteiger partial charge in [0, 0.05) is 11.1 Å². The highest BCUT2D eigenvalue weighted by molar-refractivity contribution is 6.30. The predicted octanol–water partition coefficient (Wildman–Crippen LogP) is 3.10. The van der Waals surface area contributed by atoms with Crippen molar-refractivity contribution in [2.24, 2.45) is 5.73 Å². The van der Waals surface area contributed by atoms with E-state index in [0.29, 0.717) is 0 Å². The van der Waals surface area contributed by atoms with Crippen LogP contribution in [0.1, 0.15) is 30.0 Å². The van der Waals surface area contributed by atoms with Crippen molar-refractivity contribution in [1.82, 2.24) is 0 Å². The summed E-state index contributed by atoms with van der Waals surface area (Å²) in [7, 11) is 0. The Morgan fingerprint density at radius 3 is 2.92 bits per heavy atom. The Balaban J connectivity index is 0.000000845. The van der Waals surface area contributed by atoms with Crippen LogP contribution in [0, 0.1) is 0 Å². The van der Waals surface area contributed by atoms with Crippen molar-refractivity contribution in [3.05, 3.63) is 34.3 Å². The van der Waals surface area contributed by atoms with E-state index in [1.54, 1.807) is 0 Å². The zero-order valence-electron chi connectivity index (χ0n) is 7.29. The highest BCUT2D eigenvalue weighted by atomic mass is 35.5. The molecular formula is C10H13Cl2N. The summed E-state index contributed by atoms with van der Waals surface area (Å²) in [6, 6.07) is 6.24. The maximum atomic E-state index is 5.95. The summed E-state index contributed by atoms with van der Waals surface area (Å²) in [5.74, 6) is 0. The van der Waals surface area contributed by atoms with Crippen molar-refractivity contribution < 1.29 is 0 Å². The summed E-state index contributed by atoms with van der Waals surface area (Å²) in [6.07, 6.45) is 3.42. The van der Waals surface area contributed by atoms with Gasteiger partial charge in [-0.05, 0) is 42.5 Å². The van der Waals surface area contributed by atoms with E-state index in [1.165, 1.54) is 17.5 Å². The normalized spacial score (nSPS) is 20.3. The maximum absolute atomic E-state index is 5.95. The van der Waals surface area contributed by atoms with Gasteiger partial charge in [0.25, 0.3) is 0 Å². The predicted molar refractivity (Wildman–Crippen MR) is 58.6 cm³/mol. The molecular weight excluding hydrogens is 205 g/mol. The molecule has 1 aliphatic carbocycles. The molecule has 0 aliphatic heterocycles. The molecule has 0 bridgehead atoms. The van der Waals surface area contributed by atoms with Gasteiger partial charge in [0.15, 0.2) is 0 Å². The molecule has 1 aliphatic rings. The minimum Gasteiger partial charge on any atom is -0.324 e. The summed E-state index contributed by atoms with van der Waals surface area (Å²) < 4.78 is 0. The number of benzene rings is 1. The van der Waals surface area contributed by atoms with Crippen LogP contribution in [-0.4, -0.2) is 0 Å². The number of halogens is 2. The van der Waals surface area contributed by atoms with Crippen LogP contribution in [-0.2, 0) is 6.42 Å². The first kappa shape index (κ1) is 10.8. The molecule has 0 amide bonds. The second kappa shape index (κ2) is 4.32. The van der Waals surface area contributed by atoms with Crippen LogP contribution in [0.25, 0.3) is 0 Å². The monoisotopic (exact) mass is 217 g/mol. The van der Waals surface area contributed by atoms with Crippen LogP contribution in [0.2, 0.25) is 5.02 Å². The van der Waals surface area contributed by atoms with E-state index in [0.717, 1.165) is 17.9 Å². The van der Waals surface area contributed by atoms with Gasteiger partial charge in [-0.2, -0.15) is 0 Å². The Kier molecular flexibility index (Phi) is 3.60. The first-order valence-corrected chi connectivity index (χ1v) is 4.69. The second-order valence-electron chi connectivity index (χ2n) is 3.34. The Morgan fingerprint density at radius 2 is 2.15 bits per heavy atom. The molecule has 0 saturated carbocycles. The summed E-state index contributed by atoms with van der Waals surface area (Å²) in [6.45, 7) is 0. The largest absolute Gasteiger partial charge is 0.324 e. The summed E-state index contributed by atoms with van der Waals surface area (Å²) in [5.41, 5.74) is 8.57. The quantitative estimate of drug-likeness (QED) is 0.711. The fraction of sp³-hybridized carbons (Fsp3) is 0.400. The Labute approximate surface area is 89.7 Å². The van der Waals surface area contributed by atoms with E-state index >= 15 is 0 Å². The molecule has 1 atom stereocenters. The molecule has 3 heteroatoms. The molecule has 2 N–H and O–H groups in total. The third-order valence-electron chi connectivity index (χ3n) is 2.47. The fourth-order valence-electron chi connectivity index (χ4n) is 1.82. The minimum absolute atomic E-state index is 0. The number of aryl methyl sites for hydroxylation is 1. The topological polar surface area (TPSA) is 26.0 Å². The lowest BCUT2D eigenvalue weighted by Gasteiger charge is -2.21. The lowest BCUT2D eigenvalue weighted by atomic mass is 9.88. The maximum Gasteiger partial charge on any atom is 0.0408 e. The van der Waals surface area contributed by atoms with Crippen LogP contribution in [0.3, 0.4) is 0 Å². The van der Waals surface area contributed by atoms with Crippen molar-refractivity contribution >= 4 is 24.0 Å². The minimum atomic E-state index is 0. The van der Waals surface area contributed by atoms with Gasteiger partial charge in [0.2, 0.25) is 0 Å². The fourth-order valence-corrected chi connectivity index (χ4v) is 2.02. The lowest BCUT2D eigenvalue weighted by molar-refractivity contribution is 0.570. The van der Waals surface area contributed by atoms with Gasteiger partial charge >= 0.3 is 0 Å². The molecule has 0 aromatic heterocycles. The number of fused-ring (bicyclic) bond motifs is 1. The highest BCUT2D eigenvalue weighted by Crippen LogP contribution is 2.29. The zero-order valence-corrected chi connectivity index (χ0v) is 8.87. The standard InChI is InChI=1S/C10H12ClN.ClH/c11-8-4-5-9-7(6-8)2-1-3-10(9)12;/h4-6,10H,1-3,12H2;1H/t10-;/m0./s1. The van der Waals surface area contributed by atoms with E-state index in [1.807, 2.05) is 12.1 Å². The van der Waals surface area contributed by atoms with Crippen LogP contribution >= 0.6 is 24.0 Å². The molecule has 0 radical (unpaired) electrons. The van der Waals surface area contributed by atoms with Crippen molar-refractivity contribution in [3.8, 4) is 0 Å². The van der Waals surface area contributed by atoms with E-state index in [-0.39, 0.29) is 18.4 Å². The Bertz CT molecular complexity index is 299. The molecule has 2 rings (SSSR count). The second-order valence-corrected chi connectivity index (χ2v) is 3.78. The zero-order chi connectivity index (χ0) is 8.55. The van der Waals surface area contributed by atoms with Crippen LogP contribution in [0.15, 0.2) is 18.2 Å². The smallest absolute Gasteiger partial charge is 0.0408 e. The van der Waals surface area contributed by atoms with Crippen LogP contribution < -0.4 is 5.73 Å². The van der Waals surface area contributed by atoms with E-state index < -0.39 is 0 Å². The third kappa shape index (κ3) is 2.16. The highest BCUT2D eigenvalue weighted by Gasteiger charge is 2.15. The van der Waals surface area contributed by atoms with Crippen molar-refractivity contribution in [1.29, 1.82) is 0 Å². The Hall–Kier alpha value is -0.240. The van der Waals surface area contributed by atoms with E-state index in [2.05, 4.69) is 6.07 Å². The molecule has 72 valence electrons. The van der Waals surface area contributed by atoms with Gasteiger partial charge < -0.3 is 5.73 Å². The van der Waals surface area contributed by atoms with E-state index in [4.69, 9.17) is 17.3 Å². The molecule has 0 spiro atoms. The SMILES string of the molecule is Cl.N[C@H]1CCCc2cc(Cl)ccc21. The molecule has 0 heterocycles. The lowest BCUT2D eigenvalue weighted by Crippen LogP contribution is -2.16. The average molecular weight is 218 g/mol. The molecule has 1 nitrogen and oxygen atoms in total. The van der Waals surface area contributed by atoms with Gasteiger partial charge in [0.1, 0.15) is 0 Å². The number of rotatable bonds is 0. The average Bonchev–Trinajstić information content (AvgIpc) is 2.04. The van der Waals surface area contributed by atoms with Gasteiger partial charge in [-0.15, -0.1) is 12.4 Å². The number of hydrogen-bond acceptors (Lipinski definition) is 1. The van der Waals surface area contributed by atoms with Crippen molar-refractivity contribution in [2.45, 2.75) is 25.3 Å². The third-order valence-corrected chi connectivity index (χ3v) is 2.70. The van der Waals surface area contributed by atoms with Gasteiger partial charge in [-0.1, -0.05) is 17.7 Å². The van der Waals surface area contributed by atoms with Gasteiger partial charge in [-0.3, -0.25) is 0 Å². The molecule has 0 fully saturated rings. The van der Waals surface area contributed by atoms with Crippen molar-refractivity contribution in [2.75, 3.05) is 0 Å². The number of hydrogen-bond donors (Lipinski definition) is 1. The molecule has 1 aromatic rings. The van der Waals surface area contributed by atoms with Crippen LogP contribution in [0.4, 0.5) is 0 Å². The van der Waals surface area contributed by atoms with Crippen LogP contribution in [0.5, 0.6) is 0 Å². The van der Waals surface area contributed by atoms with Gasteiger partial charge in [-0.25, -0.2) is 0 Å².